The van der Waals surface area contributed by atoms with Crippen LogP contribution in [0.15, 0.2) is 16.3 Å². The molecule has 0 bridgehead atoms. The van der Waals surface area contributed by atoms with E-state index < -0.39 is 0 Å². The fourth-order valence-electron chi connectivity index (χ4n) is 1.51. The Balaban J connectivity index is 1.81. The summed E-state index contributed by atoms with van der Waals surface area (Å²) in [6.45, 7) is 2.29. The molecule has 1 unspecified atom stereocenters. The summed E-state index contributed by atoms with van der Waals surface area (Å²) in [5.41, 5.74) is 0. The van der Waals surface area contributed by atoms with Crippen LogP contribution in [-0.4, -0.2) is 25.7 Å². The summed E-state index contributed by atoms with van der Waals surface area (Å²) in [6.07, 6.45) is 1.04. The zero-order valence-corrected chi connectivity index (χ0v) is 9.94. The van der Waals surface area contributed by atoms with Crippen molar-refractivity contribution in [2.75, 3.05) is 19.8 Å². The lowest BCUT2D eigenvalue weighted by Crippen LogP contribution is -2.28. The van der Waals surface area contributed by atoms with Crippen LogP contribution in [0, 0.1) is 5.92 Å². The Kier molecular flexibility index (Phi) is 3.66. The van der Waals surface area contributed by atoms with E-state index in [1.54, 1.807) is 6.07 Å². The highest BCUT2D eigenvalue weighted by Gasteiger charge is 2.17. The molecule has 0 radical (unpaired) electrons. The van der Waals surface area contributed by atoms with Gasteiger partial charge in [0.1, 0.15) is 0 Å². The Bertz CT molecular complexity index is 345. The summed E-state index contributed by atoms with van der Waals surface area (Å²) in [7, 11) is 0. The minimum atomic E-state index is -0.00722. The van der Waals surface area contributed by atoms with Crippen LogP contribution < -0.4 is 5.32 Å². The number of hydrogen-bond donors (Lipinski definition) is 2. The zero-order chi connectivity index (χ0) is 10.7. The summed E-state index contributed by atoms with van der Waals surface area (Å²) < 4.78 is 5.24. The van der Waals surface area contributed by atoms with E-state index in [1.165, 1.54) is 11.3 Å². The molecule has 0 saturated carbocycles. The van der Waals surface area contributed by atoms with E-state index in [9.17, 15) is 4.79 Å². The number of amides is 1. The average Bonchev–Trinajstić information content (AvgIpc) is 2.84. The van der Waals surface area contributed by atoms with Crippen LogP contribution in [0.1, 0.15) is 16.1 Å². The molecular weight excluding hydrogens is 230 g/mol. The maximum atomic E-state index is 11.6. The largest absolute Gasteiger partial charge is 0.381 e. The van der Waals surface area contributed by atoms with E-state index >= 15 is 0 Å². The number of thiol groups is 1. The Morgan fingerprint density at radius 2 is 2.60 bits per heavy atom. The Morgan fingerprint density at radius 3 is 3.20 bits per heavy atom. The van der Waals surface area contributed by atoms with Crippen molar-refractivity contribution in [1.82, 2.24) is 5.32 Å². The Hall–Kier alpha value is -0.520. The van der Waals surface area contributed by atoms with Crippen molar-refractivity contribution in [2.45, 2.75) is 11.3 Å². The molecule has 0 aromatic carbocycles. The van der Waals surface area contributed by atoms with Crippen molar-refractivity contribution in [3.63, 3.8) is 0 Å². The molecule has 2 rings (SSSR count). The van der Waals surface area contributed by atoms with Crippen molar-refractivity contribution in [3.05, 3.63) is 16.3 Å². The van der Waals surface area contributed by atoms with E-state index in [0.717, 1.165) is 29.4 Å². The van der Waals surface area contributed by atoms with Crippen molar-refractivity contribution in [3.8, 4) is 0 Å². The van der Waals surface area contributed by atoms with Gasteiger partial charge in [-0.25, -0.2) is 0 Å². The quantitative estimate of drug-likeness (QED) is 0.795. The number of thiophene rings is 1. The molecule has 1 atom stereocenters. The molecule has 1 N–H and O–H groups in total. The first-order chi connectivity index (χ1) is 7.25. The van der Waals surface area contributed by atoms with Gasteiger partial charge in [0, 0.05) is 29.3 Å². The van der Waals surface area contributed by atoms with E-state index in [-0.39, 0.29) is 5.91 Å². The van der Waals surface area contributed by atoms with Crippen molar-refractivity contribution in [1.29, 1.82) is 0 Å². The van der Waals surface area contributed by atoms with Gasteiger partial charge in [0.15, 0.2) is 0 Å². The Morgan fingerprint density at radius 1 is 1.73 bits per heavy atom. The molecule has 0 spiro atoms. The second-order valence-electron chi connectivity index (χ2n) is 3.61. The van der Waals surface area contributed by atoms with Gasteiger partial charge in [0.25, 0.3) is 5.91 Å². The highest BCUT2D eigenvalue weighted by molar-refractivity contribution is 7.80. The smallest absolute Gasteiger partial charge is 0.261 e. The highest BCUT2D eigenvalue weighted by Crippen LogP contribution is 2.17. The van der Waals surface area contributed by atoms with Gasteiger partial charge in [-0.05, 0) is 12.5 Å². The molecule has 3 nitrogen and oxygen atoms in total. The third-order valence-electron chi connectivity index (χ3n) is 2.38. The predicted molar refractivity (Wildman–Crippen MR) is 62.8 cm³/mol. The second kappa shape index (κ2) is 5.01. The summed E-state index contributed by atoms with van der Waals surface area (Å²) in [5, 5.41) is 4.77. The number of carbonyl (C=O) groups excluding carboxylic acids is 1. The van der Waals surface area contributed by atoms with Crippen LogP contribution in [0.4, 0.5) is 0 Å². The first-order valence-corrected chi connectivity index (χ1v) is 6.22. The van der Waals surface area contributed by atoms with E-state index in [2.05, 4.69) is 17.9 Å². The predicted octanol–water partition coefficient (Wildman–Crippen LogP) is 1.80. The van der Waals surface area contributed by atoms with Crippen LogP contribution in [-0.2, 0) is 4.74 Å². The SMILES string of the molecule is O=C(NCC1CCOC1)c1cc(S)cs1. The molecule has 2 heterocycles. The minimum Gasteiger partial charge on any atom is -0.381 e. The summed E-state index contributed by atoms with van der Waals surface area (Å²) >= 11 is 5.59. The van der Waals surface area contributed by atoms with Crippen molar-refractivity contribution in [2.24, 2.45) is 5.92 Å². The van der Waals surface area contributed by atoms with E-state index in [1.807, 2.05) is 5.38 Å². The van der Waals surface area contributed by atoms with Gasteiger partial charge in [-0.3, -0.25) is 4.79 Å². The number of rotatable bonds is 3. The lowest BCUT2D eigenvalue weighted by Gasteiger charge is -2.07. The van der Waals surface area contributed by atoms with Gasteiger partial charge in [-0.15, -0.1) is 24.0 Å². The van der Waals surface area contributed by atoms with E-state index in [4.69, 9.17) is 4.74 Å². The van der Waals surface area contributed by atoms with Crippen LogP contribution in [0.25, 0.3) is 0 Å². The first kappa shape index (κ1) is 11.0. The first-order valence-electron chi connectivity index (χ1n) is 4.89. The monoisotopic (exact) mass is 243 g/mol. The van der Waals surface area contributed by atoms with Crippen LogP contribution in [0.5, 0.6) is 0 Å². The molecule has 1 aromatic rings. The van der Waals surface area contributed by atoms with Gasteiger partial charge in [-0.1, -0.05) is 0 Å². The van der Waals surface area contributed by atoms with Gasteiger partial charge >= 0.3 is 0 Å². The Labute approximate surface area is 98.2 Å². The molecule has 1 aliphatic heterocycles. The van der Waals surface area contributed by atoms with Crippen molar-refractivity contribution < 1.29 is 9.53 Å². The standard InChI is InChI=1S/C10H13NO2S2/c12-10(9-3-8(14)6-15-9)11-4-7-1-2-13-5-7/h3,6-7,14H,1-2,4-5H2,(H,11,12). The highest BCUT2D eigenvalue weighted by atomic mass is 32.1. The molecule has 82 valence electrons. The average molecular weight is 243 g/mol. The molecule has 1 aromatic heterocycles. The van der Waals surface area contributed by atoms with Gasteiger partial charge in [-0.2, -0.15) is 0 Å². The fraction of sp³-hybridized carbons (Fsp3) is 0.500. The third kappa shape index (κ3) is 2.96. The van der Waals surface area contributed by atoms with Gasteiger partial charge in [0.2, 0.25) is 0 Å². The number of ether oxygens (including phenoxy) is 1. The maximum absolute atomic E-state index is 11.6. The molecule has 1 aliphatic rings. The normalized spacial score (nSPS) is 20.5. The summed E-state index contributed by atoms with van der Waals surface area (Å²) in [6, 6.07) is 1.79. The fourth-order valence-corrected chi connectivity index (χ4v) is 2.58. The lowest BCUT2D eigenvalue weighted by atomic mass is 10.1. The molecule has 1 fully saturated rings. The third-order valence-corrected chi connectivity index (χ3v) is 3.75. The minimum absolute atomic E-state index is 0.00722. The lowest BCUT2D eigenvalue weighted by molar-refractivity contribution is 0.0949. The summed E-state index contributed by atoms with van der Waals surface area (Å²) in [4.78, 5) is 13.2. The molecule has 1 amide bonds. The van der Waals surface area contributed by atoms with Crippen LogP contribution >= 0.6 is 24.0 Å². The topological polar surface area (TPSA) is 38.3 Å². The number of hydrogen-bond acceptors (Lipinski definition) is 4. The maximum Gasteiger partial charge on any atom is 0.261 e. The molecule has 5 heteroatoms. The van der Waals surface area contributed by atoms with Gasteiger partial charge < -0.3 is 10.1 Å². The number of nitrogens with one attached hydrogen (secondary N) is 1. The van der Waals surface area contributed by atoms with Gasteiger partial charge in [0.05, 0.1) is 11.5 Å². The second-order valence-corrected chi connectivity index (χ2v) is 5.04. The van der Waals surface area contributed by atoms with E-state index in [0.29, 0.717) is 12.5 Å². The molecular formula is C10H13NO2S2. The zero-order valence-electron chi connectivity index (χ0n) is 8.23. The van der Waals surface area contributed by atoms with Crippen molar-refractivity contribution >= 4 is 29.9 Å². The van der Waals surface area contributed by atoms with Crippen LogP contribution in [0.2, 0.25) is 0 Å². The molecule has 15 heavy (non-hydrogen) atoms. The van der Waals surface area contributed by atoms with Crippen LogP contribution in [0.3, 0.4) is 0 Å². The number of carbonyl (C=O) groups is 1. The summed E-state index contributed by atoms with van der Waals surface area (Å²) in [5.74, 6) is 0.469. The molecule has 0 aliphatic carbocycles. The molecule has 1 saturated heterocycles.